The molecule has 0 rings (SSSR count). The maximum Gasteiger partial charge on any atom is 0.315 e. The molecular formula is C22H38O8. The SMILES string of the molecule is CC(OC(=O)C(CCCCCC(=O)O)C(C)OC(=O)C(C)(C)C)OC(=O)C(C)(C)C. The summed E-state index contributed by atoms with van der Waals surface area (Å²) in [6, 6.07) is 0. The Morgan fingerprint density at radius 1 is 0.767 bits per heavy atom. The molecule has 0 bridgehead atoms. The minimum atomic E-state index is -1.08. The second-order valence-corrected chi connectivity index (χ2v) is 9.62. The Kier molecular flexibility index (Phi) is 11.1. The smallest absolute Gasteiger partial charge is 0.315 e. The number of carboxylic acid groups (broad SMARTS) is 1. The van der Waals surface area contributed by atoms with E-state index in [0.29, 0.717) is 25.7 Å². The highest BCUT2D eigenvalue weighted by Crippen LogP contribution is 2.24. The molecule has 0 amide bonds. The predicted octanol–water partition coefficient (Wildman–Crippen LogP) is 4.09. The fourth-order valence-corrected chi connectivity index (χ4v) is 2.39. The molecule has 0 aliphatic heterocycles. The van der Waals surface area contributed by atoms with Crippen molar-refractivity contribution in [1.82, 2.24) is 0 Å². The molecule has 0 radical (unpaired) electrons. The number of hydrogen-bond donors (Lipinski definition) is 1. The first-order valence-electron chi connectivity index (χ1n) is 10.4. The van der Waals surface area contributed by atoms with E-state index in [4.69, 9.17) is 19.3 Å². The highest BCUT2D eigenvalue weighted by molar-refractivity contribution is 5.78. The van der Waals surface area contributed by atoms with Gasteiger partial charge in [-0.1, -0.05) is 12.8 Å². The monoisotopic (exact) mass is 430 g/mol. The first-order chi connectivity index (χ1) is 13.6. The van der Waals surface area contributed by atoms with Gasteiger partial charge in [0.2, 0.25) is 6.29 Å². The zero-order valence-electron chi connectivity index (χ0n) is 19.6. The Morgan fingerprint density at radius 2 is 1.27 bits per heavy atom. The van der Waals surface area contributed by atoms with E-state index in [1.165, 1.54) is 6.92 Å². The minimum absolute atomic E-state index is 0.0590. The molecule has 0 aromatic rings. The van der Waals surface area contributed by atoms with Crippen LogP contribution >= 0.6 is 0 Å². The van der Waals surface area contributed by atoms with Crippen LogP contribution in [-0.2, 0) is 33.4 Å². The third-order valence-corrected chi connectivity index (χ3v) is 4.35. The molecule has 0 heterocycles. The van der Waals surface area contributed by atoms with Crippen LogP contribution in [0.5, 0.6) is 0 Å². The van der Waals surface area contributed by atoms with E-state index < -0.39 is 53.0 Å². The molecule has 1 N–H and O–H groups in total. The van der Waals surface area contributed by atoms with Crippen LogP contribution in [-0.4, -0.2) is 41.4 Å². The van der Waals surface area contributed by atoms with Gasteiger partial charge < -0.3 is 19.3 Å². The van der Waals surface area contributed by atoms with Crippen LogP contribution < -0.4 is 0 Å². The lowest BCUT2D eigenvalue weighted by Gasteiger charge is -2.27. The molecule has 0 fully saturated rings. The number of rotatable bonds is 11. The lowest BCUT2D eigenvalue weighted by molar-refractivity contribution is -0.196. The normalized spacial score (nSPS) is 14.9. The minimum Gasteiger partial charge on any atom is -0.481 e. The molecule has 8 nitrogen and oxygen atoms in total. The number of esters is 3. The van der Waals surface area contributed by atoms with Crippen LogP contribution in [0.25, 0.3) is 0 Å². The lowest BCUT2D eigenvalue weighted by atomic mass is 9.94. The van der Waals surface area contributed by atoms with Crippen LogP contribution in [0.4, 0.5) is 0 Å². The van der Waals surface area contributed by atoms with Gasteiger partial charge in [-0.05, 0) is 61.3 Å². The quantitative estimate of drug-likeness (QED) is 0.296. The van der Waals surface area contributed by atoms with Crippen molar-refractivity contribution >= 4 is 23.9 Å². The van der Waals surface area contributed by atoms with Crippen molar-refractivity contribution in [3.05, 3.63) is 0 Å². The topological polar surface area (TPSA) is 116 Å². The maximum absolute atomic E-state index is 12.7. The first-order valence-corrected chi connectivity index (χ1v) is 10.4. The molecular weight excluding hydrogens is 392 g/mol. The molecule has 0 spiro atoms. The largest absolute Gasteiger partial charge is 0.481 e. The molecule has 174 valence electrons. The van der Waals surface area contributed by atoms with E-state index in [1.807, 2.05) is 0 Å². The van der Waals surface area contributed by atoms with Gasteiger partial charge in [0.25, 0.3) is 0 Å². The molecule has 8 heteroatoms. The number of hydrogen-bond acceptors (Lipinski definition) is 7. The van der Waals surface area contributed by atoms with E-state index in [9.17, 15) is 19.2 Å². The summed E-state index contributed by atoms with van der Waals surface area (Å²) in [6.45, 7) is 13.3. The Hall–Kier alpha value is -2.12. The summed E-state index contributed by atoms with van der Waals surface area (Å²) in [5, 5.41) is 8.73. The van der Waals surface area contributed by atoms with E-state index in [0.717, 1.165) is 0 Å². The molecule has 0 saturated heterocycles. The average Bonchev–Trinajstić information content (AvgIpc) is 2.55. The van der Waals surface area contributed by atoms with Gasteiger partial charge in [-0.25, -0.2) is 0 Å². The zero-order valence-corrected chi connectivity index (χ0v) is 19.6. The van der Waals surface area contributed by atoms with Crippen LogP contribution in [0, 0.1) is 16.7 Å². The fraction of sp³-hybridized carbons (Fsp3) is 0.818. The van der Waals surface area contributed by atoms with Crippen molar-refractivity contribution in [3.63, 3.8) is 0 Å². The summed E-state index contributed by atoms with van der Waals surface area (Å²) >= 11 is 0. The van der Waals surface area contributed by atoms with Gasteiger partial charge in [0, 0.05) is 13.3 Å². The highest BCUT2D eigenvalue weighted by atomic mass is 16.7. The molecule has 3 atom stereocenters. The van der Waals surface area contributed by atoms with Gasteiger partial charge in [-0.2, -0.15) is 0 Å². The van der Waals surface area contributed by atoms with Gasteiger partial charge in [0.1, 0.15) is 6.10 Å². The Morgan fingerprint density at radius 3 is 1.73 bits per heavy atom. The Bertz CT molecular complexity index is 597. The molecule has 3 unspecified atom stereocenters. The standard InChI is InChI=1S/C22H38O8/c1-14(28-19(26)21(3,4)5)16(12-10-9-11-13-17(23)24)18(25)29-15(2)30-20(27)22(6,7)8/h14-16H,9-13H2,1-8H3,(H,23,24). The summed E-state index contributed by atoms with van der Waals surface area (Å²) in [5.41, 5.74) is -1.46. The second kappa shape index (κ2) is 11.9. The van der Waals surface area contributed by atoms with Crippen molar-refractivity contribution in [3.8, 4) is 0 Å². The first kappa shape index (κ1) is 27.9. The molecule has 0 aliphatic rings. The summed E-state index contributed by atoms with van der Waals surface area (Å²) in [7, 11) is 0. The van der Waals surface area contributed by atoms with Crippen molar-refractivity contribution in [2.24, 2.45) is 16.7 Å². The van der Waals surface area contributed by atoms with E-state index in [-0.39, 0.29) is 6.42 Å². The van der Waals surface area contributed by atoms with Gasteiger partial charge in [-0.3, -0.25) is 19.2 Å². The number of unbranched alkanes of at least 4 members (excludes halogenated alkanes) is 2. The second-order valence-electron chi connectivity index (χ2n) is 9.62. The molecule has 0 aromatic heterocycles. The Labute approximate surface area is 179 Å². The van der Waals surface area contributed by atoms with Crippen LogP contribution in [0.1, 0.15) is 87.5 Å². The van der Waals surface area contributed by atoms with Crippen molar-refractivity contribution in [2.45, 2.75) is 99.9 Å². The third kappa shape index (κ3) is 11.2. The fourth-order valence-electron chi connectivity index (χ4n) is 2.39. The van der Waals surface area contributed by atoms with Gasteiger partial charge >= 0.3 is 23.9 Å². The predicted molar refractivity (Wildman–Crippen MR) is 110 cm³/mol. The zero-order chi connectivity index (χ0) is 23.7. The highest BCUT2D eigenvalue weighted by Gasteiger charge is 2.34. The summed E-state index contributed by atoms with van der Waals surface area (Å²) in [6.07, 6.45) is 0.275. The summed E-state index contributed by atoms with van der Waals surface area (Å²) in [5.74, 6) is -3.19. The van der Waals surface area contributed by atoms with Gasteiger partial charge in [0.05, 0.1) is 16.7 Å². The molecule has 0 saturated carbocycles. The molecule has 0 aromatic carbocycles. The molecule has 0 aliphatic carbocycles. The number of carboxylic acids is 1. The average molecular weight is 431 g/mol. The number of aliphatic carboxylic acids is 1. The molecule has 30 heavy (non-hydrogen) atoms. The van der Waals surface area contributed by atoms with Gasteiger partial charge in [-0.15, -0.1) is 0 Å². The number of carbonyl (C=O) groups excluding carboxylic acids is 3. The van der Waals surface area contributed by atoms with Crippen molar-refractivity contribution < 1.29 is 38.5 Å². The lowest BCUT2D eigenvalue weighted by Crippen LogP contribution is -2.37. The summed E-state index contributed by atoms with van der Waals surface area (Å²) in [4.78, 5) is 47.6. The Balaban J connectivity index is 5.06. The third-order valence-electron chi connectivity index (χ3n) is 4.35. The summed E-state index contributed by atoms with van der Waals surface area (Å²) < 4.78 is 15.9. The van der Waals surface area contributed by atoms with E-state index >= 15 is 0 Å². The van der Waals surface area contributed by atoms with Crippen LogP contribution in [0.2, 0.25) is 0 Å². The van der Waals surface area contributed by atoms with Crippen LogP contribution in [0.15, 0.2) is 0 Å². The maximum atomic E-state index is 12.7. The van der Waals surface area contributed by atoms with Crippen molar-refractivity contribution in [1.29, 1.82) is 0 Å². The van der Waals surface area contributed by atoms with Crippen molar-refractivity contribution in [2.75, 3.05) is 0 Å². The van der Waals surface area contributed by atoms with Crippen LogP contribution in [0.3, 0.4) is 0 Å². The number of ether oxygens (including phenoxy) is 3. The number of carbonyl (C=O) groups is 4. The van der Waals surface area contributed by atoms with Gasteiger partial charge in [0.15, 0.2) is 0 Å². The van der Waals surface area contributed by atoms with E-state index in [2.05, 4.69) is 0 Å². The van der Waals surface area contributed by atoms with E-state index in [1.54, 1.807) is 48.5 Å².